The number of methoxy groups -OCH3 is 1. The van der Waals surface area contributed by atoms with Gasteiger partial charge in [-0.3, -0.25) is 0 Å². The normalized spacial score (nSPS) is 11.4. The second-order valence-corrected chi connectivity index (χ2v) is 7.97. The van der Waals surface area contributed by atoms with Crippen LogP contribution in [0.1, 0.15) is 5.56 Å². The van der Waals surface area contributed by atoms with E-state index in [-0.39, 0.29) is 0 Å². The number of oxazole rings is 1. The summed E-state index contributed by atoms with van der Waals surface area (Å²) in [6, 6.07) is 15.7. The Morgan fingerprint density at radius 3 is 2.84 bits per heavy atom. The summed E-state index contributed by atoms with van der Waals surface area (Å²) in [4.78, 5) is 9.88. The highest BCUT2D eigenvalue weighted by Gasteiger charge is 2.17. The molecule has 158 valence electrons. The number of para-hydroxylation sites is 1. The molecule has 6 rings (SSSR count). The van der Waals surface area contributed by atoms with Crippen LogP contribution in [0.5, 0.6) is 10.9 Å². The molecule has 6 aromatic rings. The highest BCUT2D eigenvalue weighted by atomic mass is 32.1. The van der Waals surface area contributed by atoms with Crippen LogP contribution in [0.25, 0.3) is 38.8 Å². The third-order valence-electron chi connectivity index (χ3n) is 4.98. The van der Waals surface area contributed by atoms with Crippen molar-refractivity contribution >= 4 is 27.4 Å². The van der Waals surface area contributed by atoms with Gasteiger partial charge in [-0.15, -0.1) is 5.10 Å². The molecule has 4 aromatic heterocycles. The van der Waals surface area contributed by atoms with E-state index in [1.807, 2.05) is 42.5 Å². The van der Waals surface area contributed by atoms with Gasteiger partial charge in [0.25, 0.3) is 5.19 Å². The lowest BCUT2D eigenvalue weighted by Crippen LogP contribution is -1.96. The van der Waals surface area contributed by atoms with Crippen molar-refractivity contribution in [2.75, 3.05) is 7.11 Å². The number of rotatable bonds is 6. The molecular formula is C23H16N4O4S. The van der Waals surface area contributed by atoms with Gasteiger partial charge in [0.15, 0.2) is 11.1 Å². The van der Waals surface area contributed by atoms with E-state index in [4.69, 9.17) is 18.3 Å². The molecule has 0 atom stereocenters. The first-order chi connectivity index (χ1) is 15.8. The lowest BCUT2D eigenvalue weighted by molar-refractivity contribution is 0.309. The molecule has 0 aliphatic heterocycles. The second-order valence-electron chi connectivity index (χ2n) is 7.05. The number of aromatic nitrogens is 4. The van der Waals surface area contributed by atoms with Gasteiger partial charge in [-0.05, 0) is 46.7 Å². The summed E-state index contributed by atoms with van der Waals surface area (Å²) in [6.45, 7) is 0.400. The van der Waals surface area contributed by atoms with Crippen LogP contribution >= 0.6 is 11.3 Å². The second kappa shape index (κ2) is 7.54. The Hall–Kier alpha value is -4.11. The minimum absolute atomic E-state index is 0.400. The molecule has 8 nitrogen and oxygen atoms in total. The zero-order valence-electron chi connectivity index (χ0n) is 16.9. The van der Waals surface area contributed by atoms with Crippen LogP contribution in [-0.4, -0.2) is 26.7 Å². The van der Waals surface area contributed by atoms with Crippen molar-refractivity contribution in [3.8, 4) is 33.7 Å². The van der Waals surface area contributed by atoms with Gasteiger partial charge in [0.05, 0.1) is 25.8 Å². The van der Waals surface area contributed by atoms with Gasteiger partial charge in [-0.2, -0.15) is 0 Å². The monoisotopic (exact) mass is 444 g/mol. The number of fused-ring (bicyclic) bond motifs is 2. The molecule has 0 bridgehead atoms. The van der Waals surface area contributed by atoms with E-state index in [2.05, 4.69) is 21.1 Å². The largest absolute Gasteiger partial charge is 0.486 e. The maximum Gasteiger partial charge on any atom is 0.294 e. The van der Waals surface area contributed by atoms with Gasteiger partial charge in [0.1, 0.15) is 18.1 Å². The Kier molecular flexibility index (Phi) is 4.39. The predicted molar refractivity (Wildman–Crippen MR) is 119 cm³/mol. The summed E-state index contributed by atoms with van der Waals surface area (Å²) >= 11 is 1.35. The standard InChI is InChI=1S/C23H16N4O4S/c1-28-23-26-27-11-17(24-22(27)32-23)21-25-20-18(6-3-7-19(20)31-21)30-12-14-4-2-5-15(10-14)16-8-9-29-13-16/h2-11,13H,12H2,1H3. The zero-order chi connectivity index (χ0) is 21.5. The predicted octanol–water partition coefficient (Wildman–Crippen LogP) is 5.45. The molecule has 0 saturated carbocycles. The van der Waals surface area contributed by atoms with E-state index < -0.39 is 0 Å². The van der Waals surface area contributed by atoms with Crippen LogP contribution in [0.2, 0.25) is 0 Å². The van der Waals surface area contributed by atoms with E-state index in [1.165, 1.54) is 11.3 Å². The smallest absolute Gasteiger partial charge is 0.294 e. The summed E-state index contributed by atoms with van der Waals surface area (Å²) < 4.78 is 24.0. The summed E-state index contributed by atoms with van der Waals surface area (Å²) in [5, 5.41) is 4.83. The van der Waals surface area contributed by atoms with E-state index >= 15 is 0 Å². The van der Waals surface area contributed by atoms with Crippen LogP contribution < -0.4 is 9.47 Å². The van der Waals surface area contributed by atoms with Gasteiger partial charge >= 0.3 is 0 Å². The van der Waals surface area contributed by atoms with Crippen molar-refractivity contribution in [2.24, 2.45) is 0 Å². The Morgan fingerprint density at radius 1 is 1.06 bits per heavy atom. The highest BCUT2D eigenvalue weighted by Crippen LogP contribution is 2.32. The fourth-order valence-electron chi connectivity index (χ4n) is 3.45. The Balaban J connectivity index is 1.27. The summed E-state index contributed by atoms with van der Waals surface area (Å²) in [5.74, 6) is 1.06. The number of hydrogen-bond acceptors (Lipinski definition) is 8. The van der Waals surface area contributed by atoms with Gasteiger partial charge < -0.3 is 18.3 Å². The molecule has 0 unspecified atom stereocenters. The Bertz CT molecular complexity index is 1500. The molecule has 0 spiro atoms. The van der Waals surface area contributed by atoms with Crippen LogP contribution in [0, 0.1) is 0 Å². The van der Waals surface area contributed by atoms with E-state index in [1.54, 1.807) is 30.3 Å². The minimum Gasteiger partial charge on any atom is -0.486 e. The third kappa shape index (κ3) is 3.28. The molecule has 0 aliphatic rings. The fourth-order valence-corrected chi connectivity index (χ4v) is 4.15. The SMILES string of the molecule is COc1nn2cc(-c3nc4c(OCc5cccc(-c6ccoc6)c5)cccc4o3)nc2s1. The topological polar surface area (TPSA) is 87.8 Å². The molecule has 9 heteroatoms. The zero-order valence-corrected chi connectivity index (χ0v) is 17.7. The molecular weight excluding hydrogens is 428 g/mol. The van der Waals surface area contributed by atoms with Crippen molar-refractivity contribution in [1.82, 2.24) is 19.6 Å². The molecule has 32 heavy (non-hydrogen) atoms. The van der Waals surface area contributed by atoms with Crippen LogP contribution in [0.3, 0.4) is 0 Å². The minimum atomic E-state index is 0.400. The van der Waals surface area contributed by atoms with E-state index in [9.17, 15) is 0 Å². The number of imidazole rings is 1. The first-order valence-electron chi connectivity index (χ1n) is 9.81. The van der Waals surface area contributed by atoms with Crippen molar-refractivity contribution in [2.45, 2.75) is 6.61 Å². The van der Waals surface area contributed by atoms with Crippen LogP contribution in [0.15, 0.2) is 76.1 Å². The number of hydrogen-bond donors (Lipinski definition) is 0. The van der Waals surface area contributed by atoms with Crippen molar-refractivity contribution in [3.05, 3.63) is 72.8 Å². The van der Waals surface area contributed by atoms with E-state index in [0.29, 0.717) is 45.2 Å². The lowest BCUT2D eigenvalue weighted by Gasteiger charge is -2.07. The van der Waals surface area contributed by atoms with Gasteiger partial charge in [-0.1, -0.05) is 24.3 Å². The lowest BCUT2D eigenvalue weighted by atomic mass is 10.1. The summed E-state index contributed by atoms with van der Waals surface area (Å²) in [6.07, 6.45) is 5.15. The first-order valence-corrected chi connectivity index (χ1v) is 10.6. The maximum absolute atomic E-state index is 6.10. The maximum atomic E-state index is 6.10. The van der Waals surface area contributed by atoms with Crippen LogP contribution in [0.4, 0.5) is 0 Å². The average Bonchev–Trinajstić information content (AvgIpc) is 3.60. The number of nitrogens with zero attached hydrogens (tertiary/aromatic N) is 4. The van der Waals surface area contributed by atoms with Crippen LogP contribution in [-0.2, 0) is 6.61 Å². The molecule has 0 radical (unpaired) electrons. The number of benzene rings is 2. The molecule has 0 fully saturated rings. The number of ether oxygens (including phenoxy) is 2. The number of furan rings is 1. The molecule has 0 aliphatic carbocycles. The van der Waals surface area contributed by atoms with E-state index in [0.717, 1.165) is 16.7 Å². The highest BCUT2D eigenvalue weighted by molar-refractivity contribution is 7.18. The molecule has 0 saturated heterocycles. The first kappa shape index (κ1) is 18.6. The van der Waals surface area contributed by atoms with Crippen molar-refractivity contribution in [1.29, 1.82) is 0 Å². The quantitative estimate of drug-likeness (QED) is 0.338. The Morgan fingerprint density at radius 2 is 2.00 bits per heavy atom. The van der Waals surface area contributed by atoms with Gasteiger partial charge in [0, 0.05) is 5.56 Å². The molecule has 0 amide bonds. The van der Waals surface area contributed by atoms with Gasteiger partial charge in [-0.25, -0.2) is 14.5 Å². The molecule has 4 heterocycles. The molecule has 0 N–H and O–H groups in total. The third-order valence-corrected chi connectivity index (χ3v) is 5.86. The van der Waals surface area contributed by atoms with Crippen molar-refractivity contribution in [3.63, 3.8) is 0 Å². The Labute approximate surface area is 185 Å². The summed E-state index contributed by atoms with van der Waals surface area (Å²) in [5.41, 5.74) is 5.02. The fraction of sp³-hybridized carbons (Fsp3) is 0.0870. The summed E-state index contributed by atoms with van der Waals surface area (Å²) in [7, 11) is 1.58. The van der Waals surface area contributed by atoms with Crippen molar-refractivity contribution < 1.29 is 18.3 Å². The average molecular weight is 444 g/mol. The molecule has 2 aromatic carbocycles. The van der Waals surface area contributed by atoms with Gasteiger partial charge in [0.2, 0.25) is 10.9 Å².